The highest BCUT2D eigenvalue weighted by Gasteiger charge is 2.27. The topological polar surface area (TPSA) is 72.2 Å². The molecule has 2 atom stereocenters. The van der Waals surface area contributed by atoms with Crippen LogP contribution in [0.4, 0.5) is 0 Å². The van der Waals surface area contributed by atoms with Crippen molar-refractivity contribution in [3.63, 3.8) is 0 Å². The number of nitrogens with zero attached hydrogens (tertiary/aromatic N) is 4. The van der Waals surface area contributed by atoms with E-state index in [-0.39, 0.29) is 6.10 Å². The SMILES string of the molecule is CC(C)C[C@@H]1CN(CCN=[N+]=[N-])CC[C@@H]1O. The summed E-state index contributed by atoms with van der Waals surface area (Å²) < 4.78 is 0. The molecule has 0 saturated carbocycles. The van der Waals surface area contributed by atoms with Crippen LogP contribution in [0.1, 0.15) is 26.7 Å². The molecule has 0 amide bonds. The van der Waals surface area contributed by atoms with Crippen molar-refractivity contribution < 1.29 is 5.11 Å². The number of azide groups is 1. The Bertz CT molecular complexity index is 250. The predicted molar refractivity (Wildman–Crippen MR) is 64.0 cm³/mol. The van der Waals surface area contributed by atoms with E-state index in [0.29, 0.717) is 18.4 Å². The van der Waals surface area contributed by atoms with Crippen LogP contribution in [0.25, 0.3) is 10.4 Å². The maximum absolute atomic E-state index is 9.90. The average Bonchev–Trinajstić information content (AvgIpc) is 2.22. The van der Waals surface area contributed by atoms with Gasteiger partial charge in [0.1, 0.15) is 0 Å². The van der Waals surface area contributed by atoms with Crippen LogP contribution in [0.15, 0.2) is 5.11 Å². The number of aliphatic hydroxyl groups is 1. The standard InChI is InChI=1S/C11H22N4O/c1-9(2)7-10-8-15(5-3-11(10)16)6-4-13-14-12/h9-11,16H,3-8H2,1-2H3/t10-,11+/m1/s1. The second-order valence-electron chi connectivity index (χ2n) is 5.00. The number of hydrogen-bond acceptors (Lipinski definition) is 3. The van der Waals surface area contributed by atoms with Gasteiger partial charge in [0.25, 0.3) is 0 Å². The highest BCUT2D eigenvalue weighted by Crippen LogP contribution is 2.23. The van der Waals surface area contributed by atoms with Gasteiger partial charge in [0.05, 0.1) is 6.10 Å². The highest BCUT2D eigenvalue weighted by molar-refractivity contribution is 4.81. The summed E-state index contributed by atoms with van der Waals surface area (Å²) in [5.41, 5.74) is 8.21. The Balaban J connectivity index is 2.37. The number of hydrogen-bond donors (Lipinski definition) is 1. The van der Waals surface area contributed by atoms with E-state index in [1.54, 1.807) is 0 Å². The van der Waals surface area contributed by atoms with Gasteiger partial charge in [-0.3, -0.25) is 0 Å². The first-order valence-corrected chi connectivity index (χ1v) is 6.04. The Morgan fingerprint density at radius 1 is 1.56 bits per heavy atom. The maximum Gasteiger partial charge on any atom is 0.0592 e. The molecule has 1 rings (SSSR count). The molecule has 1 aliphatic rings. The lowest BCUT2D eigenvalue weighted by atomic mass is 9.87. The molecule has 0 aromatic carbocycles. The molecule has 1 aliphatic heterocycles. The molecule has 1 fully saturated rings. The third-order valence-electron chi connectivity index (χ3n) is 3.13. The molecule has 0 spiro atoms. The van der Waals surface area contributed by atoms with Crippen LogP contribution < -0.4 is 0 Å². The minimum atomic E-state index is -0.155. The van der Waals surface area contributed by atoms with E-state index in [4.69, 9.17) is 5.53 Å². The fourth-order valence-corrected chi connectivity index (χ4v) is 2.37. The van der Waals surface area contributed by atoms with E-state index in [1.165, 1.54) is 0 Å². The minimum absolute atomic E-state index is 0.155. The zero-order valence-electron chi connectivity index (χ0n) is 10.2. The van der Waals surface area contributed by atoms with E-state index in [9.17, 15) is 5.11 Å². The number of piperidine rings is 1. The normalized spacial score (nSPS) is 26.8. The van der Waals surface area contributed by atoms with Crippen molar-refractivity contribution in [3.05, 3.63) is 10.4 Å². The molecule has 92 valence electrons. The van der Waals surface area contributed by atoms with Gasteiger partial charge < -0.3 is 10.0 Å². The lowest BCUT2D eigenvalue weighted by Crippen LogP contribution is -2.44. The third kappa shape index (κ3) is 4.39. The Morgan fingerprint density at radius 3 is 2.94 bits per heavy atom. The number of rotatable bonds is 5. The van der Waals surface area contributed by atoms with Crippen molar-refractivity contribution in [1.82, 2.24) is 4.90 Å². The molecular weight excluding hydrogens is 204 g/mol. The van der Waals surface area contributed by atoms with Crippen molar-refractivity contribution in [2.75, 3.05) is 26.2 Å². The van der Waals surface area contributed by atoms with Gasteiger partial charge in [-0.25, -0.2) is 0 Å². The Morgan fingerprint density at radius 2 is 2.31 bits per heavy atom. The summed E-state index contributed by atoms with van der Waals surface area (Å²) in [4.78, 5) is 5.04. The quantitative estimate of drug-likeness (QED) is 0.442. The van der Waals surface area contributed by atoms with Crippen LogP contribution in [0.3, 0.4) is 0 Å². The van der Waals surface area contributed by atoms with Gasteiger partial charge in [-0.05, 0) is 30.2 Å². The van der Waals surface area contributed by atoms with Gasteiger partial charge in [0, 0.05) is 31.1 Å². The van der Waals surface area contributed by atoms with Crippen molar-refractivity contribution in [2.45, 2.75) is 32.8 Å². The monoisotopic (exact) mass is 226 g/mol. The van der Waals surface area contributed by atoms with Crippen LogP contribution in [0.5, 0.6) is 0 Å². The minimum Gasteiger partial charge on any atom is -0.393 e. The van der Waals surface area contributed by atoms with E-state index in [1.807, 2.05) is 0 Å². The van der Waals surface area contributed by atoms with Gasteiger partial charge in [-0.15, -0.1) is 0 Å². The van der Waals surface area contributed by atoms with Crippen LogP contribution in [0, 0.1) is 11.8 Å². The van der Waals surface area contributed by atoms with Crippen LogP contribution in [0.2, 0.25) is 0 Å². The summed E-state index contributed by atoms with van der Waals surface area (Å²) in [5, 5.41) is 13.4. The van der Waals surface area contributed by atoms with Crippen molar-refractivity contribution in [1.29, 1.82) is 0 Å². The molecule has 5 heteroatoms. The Kier molecular flexibility index (Phi) is 5.60. The molecule has 16 heavy (non-hydrogen) atoms. The molecule has 0 aromatic rings. The molecule has 0 radical (unpaired) electrons. The summed E-state index contributed by atoms with van der Waals surface area (Å²) in [6, 6.07) is 0. The van der Waals surface area contributed by atoms with Gasteiger partial charge in [0.2, 0.25) is 0 Å². The molecule has 0 bridgehead atoms. The number of likely N-dealkylation sites (tertiary alicyclic amines) is 1. The fraction of sp³-hybridized carbons (Fsp3) is 1.00. The second-order valence-corrected chi connectivity index (χ2v) is 5.00. The molecular formula is C11H22N4O. The largest absolute Gasteiger partial charge is 0.393 e. The van der Waals surface area contributed by atoms with E-state index < -0.39 is 0 Å². The first kappa shape index (κ1) is 13.3. The number of aliphatic hydroxyl groups excluding tert-OH is 1. The van der Waals surface area contributed by atoms with Gasteiger partial charge >= 0.3 is 0 Å². The maximum atomic E-state index is 9.90. The molecule has 5 nitrogen and oxygen atoms in total. The molecule has 0 unspecified atom stereocenters. The summed E-state index contributed by atoms with van der Waals surface area (Å²) in [7, 11) is 0. The lowest BCUT2D eigenvalue weighted by Gasteiger charge is -2.36. The first-order valence-electron chi connectivity index (χ1n) is 6.04. The summed E-state index contributed by atoms with van der Waals surface area (Å²) >= 11 is 0. The van der Waals surface area contributed by atoms with Gasteiger partial charge in [-0.1, -0.05) is 19.0 Å². The summed E-state index contributed by atoms with van der Waals surface area (Å²) in [6.07, 6.45) is 1.76. The summed E-state index contributed by atoms with van der Waals surface area (Å²) in [5.74, 6) is 0.997. The zero-order chi connectivity index (χ0) is 12.0. The third-order valence-corrected chi connectivity index (χ3v) is 3.13. The van der Waals surface area contributed by atoms with E-state index in [0.717, 1.165) is 32.5 Å². The average molecular weight is 226 g/mol. The lowest BCUT2D eigenvalue weighted by molar-refractivity contribution is 0.0188. The smallest absolute Gasteiger partial charge is 0.0592 e. The van der Waals surface area contributed by atoms with Crippen molar-refractivity contribution >= 4 is 0 Å². The van der Waals surface area contributed by atoms with E-state index in [2.05, 4.69) is 28.8 Å². The zero-order valence-corrected chi connectivity index (χ0v) is 10.2. The first-order chi connectivity index (χ1) is 7.63. The van der Waals surface area contributed by atoms with Crippen molar-refractivity contribution in [3.8, 4) is 0 Å². The predicted octanol–water partition coefficient (Wildman–Crippen LogP) is 2.03. The summed E-state index contributed by atoms with van der Waals surface area (Å²) in [6.45, 7) is 7.56. The Labute approximate surface area is 97.1 Å². The Hall–Kier alpha value is -0.770. The van der Waals surface area contributed by atoms with Crippen LogP contribution in [-0.4, -0.2) is 42.3 Å². The van der Waals surface area contributed by atoms with Crippen LogP contribution >= 0.6 is 0 Å². The van der Waals surface area contributed by atoms with Gasteiger partial charge in [0.15, 0.2) is 0 Å². The molecule has 1 saturated heterocycles. The highest BCUT2D eigenvalue weighted by atomic mass is 16.3. The molecule has 1 heterocycles. The fourth-order valence-electron chi connectivity index (χ4n) is 2.37. The van der Waals surface area contributed by atoms with Gasteiger partial charge in [-0.2, -0.15) is 0 Å². The molecule has 0 aliphatic carbocycles. The van der Waals surface area contributed by atoms with Crippen LogP contribution in [-0.2, 0) is 0 Å². The molecule has 1 N–H and O–H groups in total. The van der Waals surface area contributed by atoms with E-state index >= 15 is 0 Å². The second kappa shape index (κ2) is 6.74. The van der Waals surface area contributed by atoms with Crippen molar-refractivity contribution in [2.24, 2.45) is 17.0 Å². The molecule has 0 aromatic heterocycles.